The van der Waals surface area contributed by atoms with Crippen LogP contribution in [0.1, 0.15) is 41.6 Å². The highest BCUT2D eigenvalue weighted by Gasteiger charge is 2.21. The van der Waals surface area contributed by atoms with Crippen LogP contribution in [0.4, 0.5) is 5.82 Å². The van der Waals surface area contributed by atoms with E-state index in [4.69, 9.17) is 0 Å². The maximum Gasteiger partial charge on any atom is 0.256 e. The van der Waals surface area contributed by atoms with Gasteiger partial charge < -0.3 is 10.6 Å². The fraction of sp³-hybridized carbons (Fsp3) is 0.333. The van der Waals surface area contributed by atoms with Crippen molar-refractivity contribution in [1.29, 1.82) is 0 Å². The molecule has 3 heterocycles. The molecular weight excluding hydrogens is 316 g/mol. The van der Waals surface area contributed by atoms with E-state index in [-0.39, 0.29) is 11.9 Å². The highest BCUT2D eigenvalue weighted by atomic mass is 16.1. The summed E-state index contributed by atoms with van der Waals surface area (Å²) in [7, 11) is 0. The van der Waals surface area contributed by atoms with Crippen LogP contribution in [0.2, 0.25) is 0 Å². The van der Waals surface area contributed by atoms with Gasteiger partial charge in [-0.05, 0) is 30.5 Å². The van der Waals surface area contributed by atoms with E-state index in [0.29, 0.717) is 23.6 Å². The number of aromatic nitrogens is 4. The molecule has 3 aromatic rings. The Balaban J connectivity index is 1.51. The molecule has 0 aliphatic heterocycles. The fourth-order valence-electron chi connectivity index (χ4n) is 3.16. The topological polar surface area (TPSA) is 84.2 Å². The second-order valence-electron chi connectivity index (χ2n) is 6.31. The zero-order valence-electron chi connectivity index (χ0n) is 13.9. The summed E-state index contributed by atoms with van der Waals surface area (Å²) < 4.78 is 1.62. The molecule has 25 heavy (non-hydrogen) atoms. The Morgan fingerprint density at radius 3 is 2.92 bits per heavy atom. The summed E-state index contributed by atoms with van der Waals surface area (Å²) in [6, 6.07) is 6.01. The number of hydrogen-bond acceptors (Lipinski definition) is 5. The number of nitrogens with zero attached hydrogens (tertiary/aromatic N) is 4. The van der Waals surface area contributed by atoms with Crippen molar-refractivity contribution in [3.63, 3.8) is 0 Å². The minimum Gasteiger partial charge on any atom is -0.366 e. The first kappa shape index (κ1) is 15.6. The van der Waals surface area contributed by atoms with Gasteiger partial charge in [-0.2, -0.15) is 5.10 Å². The van der Waals surface area contributed by atoms with Crippen molar-refractivity contribution in [2.45, 2.75) is 38.3 Å². The van der Waals surface area contributed by atoms with E-state index in [1.54, 1.807) is 23.1 Å². The van der Waals surface area contributed by atoms with Gasteiger partial charge in [0.1, 0.15) is 11.4 Å². The van der Waals surface area contributed by atoms with Gasteiger partial charge in [0.15, 0.2) is 5.65 Å². The predicted molar refractivity (Wildman–Crippen MR) is 94.3 cm³/mol. The first-order valence-electron chi connectivity index (χ1n) is 8.57. The molecule has 0 aromatic carbocycles. The summed E-state index contributed by atoms with van der Waals surface area (Å²) in [5, 5.41) is 10.6. The molecule has 0 bridgehead atoms. The molecule has 4 rings (SSSR count). The number of carbonyl (C=O) groups excluding carboxylic acids is 1. The lowest BCUT2D eigenvalue weighted by Crippen LogP contribution is -2.32. The Morgan fingerprint density at radius 1 is 1.24 bits per heavy atom. The van der Waals surface area contributed by atoms with E-state index < -0.39 is 0 Å². The Labute approximate surface area is 145 Å². The van der Waals surface area contributed by atoms with Crippen LogP contribution in [0.3, 0.4) is 0 Å². The molecule has 7 heteroatoms. The number of amides is 1. The summed E-state index contributed by atoms with van der Waals surface area (Å²) in [5.41, 5.74) is 2.14. The van der Waals surface area contributed by atoms with Crippen LogP contribution in [0.15, 0.2) is 43.0 Å². The van der Waals surface area contributed by atoms with Gasteiger partial charge in [0.2, 0.25) is 0 Å². The van der Waals surface area contributed by atoms with Crippen molar-refractivity contribution >= 4 is 17.4 Å². The van der Waals surface area contributed by atoms with Crippen molar-refractivity contribution in [3.8, 4) is 0 Å². The minimum atomic E-state index is -0.0983. The molecule has 1 fully saturated rings. The molecule has 1 amide bonds. The summed E-state index contributed by atoms with van der Waals surface area (Å²) in [6.45, 7) is 0.620. The predicted octanol–water partition coefficient (Wildman–Crippen LogP) is 2.41. The highest BCUT2D eigenvalue weighted by Crippen LogP contribution is 2.19. The van der Waals surface area contributed by atoms with Crippen molar-refractivity contribution in [3.05, 3.63) is 54.1 Å². The highest BCUT2D eigenvalue weighted by molar-refractivity contribution is 5.99. The van der Waals surface area contributed by atoms with Gasteiger partial charge in [-0.1, -0.05) is 18.9 Å². The number of fused-ring (bicyclic) bond motifs is 1. The zero-order chi connectivity index (χ0) is 17.1. The average Bonchev–Trinajstić information content (AvgIpc) is 3.30. The fourth-order valence-corrected chi connectivity index (χ4v) is 3.16. The molecule has 0 radical (unpaired) electrons. The van der Waals surface area contributed by atoms with Crippen LogP contribution in [0.25, 0.3) is 5.65 Å². The van der Waals surface area contributed by atoms with E-state index in [1.165, 1.54) is 12.8 Å². The molecule has 7 nitrogen and oxygen atoms in total. The first-order valence-corrected chi connectivity index (χ1v) is 8.57. The maximum absolute atomic E-state index is 12.5. The van der Waals surface area contributed by atoms with Gasteiger partial charge in [0.05, 0.1) is 6.20 Å². The van der Waals surface area contributed by atoms with Crippen LogP contribution < -0.4 is 10.6 Å². The van der Waals surface area contributed by atoms with E-state index in [2.05, 4.69) is 25.7 Å². The van der Waals surface area contributed by atoms with Gasteiger partial charge in [0.25, 0.3) is 5.91 Å². The third kappa shape index (κ3) is 3.45. The Kier molecular flexibility index (Phi) is 4.28. The Bertz CT molecular complexity index is 870. The zero-order valence-corrected chi connectivity index (χ0v) is 13.9. The molecule has 0 saturated heterocycles. The van der Waals surface area contributed by atoms with E-state index in [1.807, 2.05) is 24.4 Å². The van der Waals surface area contributed by atoms with Crippen LogP contribution in [0.5, 0.6) is 0 Å². The van der Waals surface area contributed by atoms with Crippen molar-refractivity contribution < 1.29 is 4.79 Å². The number of pyridine rings is 1. The van der Waals surface area contributed by atoms with Crippen LogP contribution in [-0.4, -0.2) is 31.5 Å². The number of rotatable bonds is 5. The molecule has 0 spiro atoms. The SMILES string of the molecule is O=C(NC1CCCC1)c1cnn2ccc(NCc3cccnc3)nc12. The van der Waals surface area contributed by atoms with Gasteiger partial charge in [0, 0.05) is 31.2 Å². The lowest BCUT2D eigenvalue weighted by atomic mass is 10.2. The number of anilines is 1. The first-order chi connectivity index (χ1) is 12.3. The normalized spacial score (nSPS) is 14.7. The average molecular weight is 336 g/mol. The molecule has 1 aliphatic rings. The lowest BCUT2D eigenvalue weighted by Gasteiger charge is -2.11. The summed E-state index contributed by atoms with van der Waals surface area (Å²) in [5.74, 6) is 0.602. The third-order valence-electron chi connectivity index (χ3n) is 4.50. The van der Waals surface area contributed by atoms with E-state index in [0.717, 1.165) is 18.4 Å². The number of carbonyl (C=O) groups is 1. The number of hydrogen-bond donors (Lipinski definition) is 2. The van der Waals surface area contributed by atoms with Crippen LogP contribution in [0, 0.1) is 0 Å². The van der Waals surface area contributed by atoms with E-state index >= 15 is 0 Å². The smallest absolute Gasteiger partial charge is 0.256 e. The molecule has 128 valence electrons. The van der Waals surface area contributed by atoms with Crippen LogP contribution in [-0.2, 0) is 6.54 Å². The van der Waals surface area contributed by atoms with Crippen molar-refractivity contribution in [2.24, 2.45) is 0 Å². The van der Waals surface area contributed by atoms with Crippen molar-refractivity contribution in [2.75, 3.05) is 5.32 Å². The molecular formula is C18H20N6O. The molecule has 0 atom stereocenters. The Hall–Kier alpha value is -2.96. The van der Waals surface area contributed by atoms with Crippen LogP contribution >= 0.6 is 0 Å². The van der Waals surface area contributed by atoms with Gasteiger partial charge >= 0.3 is 0 Å². The quantitative estimate of drug-likeness (QED) is 0.747. The van der Waals surface area contributed by atoms with Gasteiger partial charge in [-0.15, -0.1) is 0 Å². The largest absolute Gasteiger partial charge is 0.366 e. The molecule has 2 N–H and O–H groups in total. The monoisotopic (exact) mass is 336 g/mol. The third-order valence-corrected chi connectivity index (χ3v) is 4.50. The lowest BCUT2D eigenvalue weighted by molar-refractivity contribution is 0.0939. The van der Waals surface area contributed by atoms with E-state index in [9.17, 15) is 4.79 Å². The Morgan fingerprint density at radius 2 is 2.12 bits per heavy atom. The van der Waals surface area contributed by atoms with Gasteiger partial charge in [-0.3, -0.25) is 9.78 Å². The molecule has 1 aliphatic carbocycles. The second-order valence-corrected chi connectivity index (χ2v) is 6.31. The summed E-state index contributed by atoms with van der Waals surface area (Å²) in [6.07, 6.45) is 11.4. The van der Waals surface area contributed by atoms with Crippen molar-refractivity contribution in [1.82, 2.24) is 24.9 Å². The second kappa shape index (κ2) is 6.88. The minimum absolute atomic E-state index is 0.0983. The standard InChI is InChI=1S/C18H20N6O/c25-18(22-14-5-1-2-6-14)15-12-21-24-9-7-16(23-17(15)24)20-11-13-4-3-8-19-10-13/h3-4,7-10,12,14H,1-2,5-6,11H2,(H,20,23)(H,22,25). The van der Waals surface area contributed by atoms with Gasteiger partial charge in [-0.25, -0.2) is 9.50 Å². The summed E-state index contributed by atoms with van der Waals surface area (Å²) in [4.78, 5) is 21.2. The molecule has 0 unspecified atom stereocenters. The summed E-state index contributed by atoms with van der Waals surface area (Å²) >= 11 is 0. The molecule has 1 saturated carbocycles. The maximum atomic E-state index is 12.5. The number of nitrogens with one attached hydrogen (secondary N) is 2. The molecule has 3 aromatic heterocycles.